The van der Waals surface area contributed by atoms with Gasteiger partial charge in [-0.3, -0.25) is 9.59 Å². The lowest BCUT2D eigenvalue weighted by molar-refractivity contribution is -0.143. The minimum absolute atomic E-state index is 0.0144. The molecule has 1 aromatic carbocycles. The maximum atomic E-state index is 12.6. The highest BCUT2D eigenvalue weighted by Crippen LogP contribution is 2.17. The van der Waals surface area contributed by atoms with E-state index in [0.717, 1.165) is 12.8 Å². The Hall–Kier alpha value is -1.88. The van der Waals surface area contributed by atoms with Gasteiger partial charge in [0.1, 0.15) is 0 Å². The monoisotopic (exact) mass is 348 g/mol. The lowest BCUT2D eigenvalue weighted by Crippen LogP contribution is -2.49. The van der Waals surface area contributed by atoms with E-state index in [9.17, 15) is 9.59 Å². The second-order valence-electron chi connectivity index (χ2n) is 7.70. The number of hydrogen-bond acceptors (Lipinski definition) is 4. The summed E-state index contributed by atoms with van der Waals surface area (Å²) in [5, 5.41) is 6.19. The van der Waals surface area contributed by atoms with Crippen molar-refractivity contribution in [1.82, 2.24) is 10.6 Å². The summed E-state index contributed by atoms with van der Waals surface area (Å²) in [6.45, 7) is 9.07. The van der Waals surface area contributed by atoms with Gasteiger partial charge in [0.15, 0.2) is 0 Å². The molecule has 0 saturated carbocycles. The molecule has 0 fully saturated rings. The van der Waals surface area contributed by atoms with Gasteiger partial charge < -0.3 is 15.4 Å². The van der Waals surface area contributed by atoms with Crippen molar-refractivity contribution in [3.05, 3.63) is 35.9 Å². The summed E-state index contributed by atoms with van der Waals surface area (Å²) in [5.74, 6) is -0.554. The number of benzene rings is 1. The first-order valence-electron chi connectivity index (χ1n) is 8.86. The van der Waals surface area contributed by atoms with E-state index in [1.165, 1.54) is 12.7 Å². The molecular formula is C20H32N2O3. The molecular weight excluding hydrogens is 316 g/mol. The van der Waals surface area contributed by atoms with Crippen LogP contribution in [0.15, 0.2) is 30.3 Å². The van der Waals surface area contributed by atoms with Crippen LogP contribution in [0, 0.1) is 5.41 Å². The number of carbonyl (C=O) groups excluding carboxylic acids is 2. The number of methoxy groups -OCH3 is 1. The first-order valence-corrected chi connectivity index (χ1v) is 8.86. The van der Waals surface area contributed by atoms with Gasteiger partial charge in [0, 0.05) is 6.04 Å². The lowest BCUT2D eigenvalue weighted by Gasteiger charge is -2.23. The van der Waals surface area contributed by atoms with Crippen LogP contribution in [0.1, 0.15) is 46.1 Å². The number of ether oxygens (including phenoxy) is 1. The lowest BCUT2D eigenvalue weighted by atomic mass is 9.92. The summed E-state index contributed by atoms with van der Waals surface area (Å²) in [6, 6.07) is 9.42. The Morgan fingerprint density at radius 1 is 1.16 bits per heavy atom. The Bertz CT molecular complexity index is 538. The zero-order valence-electron chi connectivity index (χ0n) is 16.1. The van der Waals surface area contributed by atoms with Crippen LogP contribution in [0.5, 0.6) is 0 Å². The molecule has 140 valence electrons. The second kappa shape index (κ2) is 10.2. The number of esters is 1. The molecule has 5 nitrogen and oxygen atoms in total. The fourth-order valence-corrected chi connectivity index (χ4v) is 2.49. The first-order chi connectivity index (χ1) is 11.7. The summed E-state index contributed by atoms with van der Waals surface area (Å²) in [4.78, 5) is 24.2. The highest BCUT2D eigenvalue weighted by molar-refractivity contribution is 5.86. The molecule has 1 unspecified atom stereocenters. The van der Waals surface area contributed by atoms with E-state index >= 15 is 0 Å². The molecule has 2 atom stereocenters. The summed E-state index contributed by atoms with van der Waals surface area (Å²) in [6.07, 6.45) is 1.70. The van der Waals surface area contributed by atoms with Crippen LogP contribution in [0.2, 0.25) is 0 Å². The smallest absolute Gasteiger partial charge is 0.307 e. The molecule has 25 heavy (non-hydrogen) atoms. The molecule has 0 aliphatic carbocycles. The van der Waals surface area contributed by atoms with Gasteiger partial charge in [-0.25, -0.2) is 0 Å². The first kappa shape index (κ1) is 21.2. The molecule has 0 heterocycles. The quantitative estimate of drug-likeness (QED) is 0.673. The Morgan fingerprint density at radius 2 is 1.80 bits per heavy atom. The summed E-state index contributed by atoms with van der Waals surface area (Å²) < 4.78 is 4.72. The molecule has 0 saturated heterocycles. The molecule has 5 heteroatoms. The molecule has 1 amide bonds. The van der Waals surface area contributed by atoms with Crippen molar-refractivity contribution in [3.8, 4) is 0 Å². The van der Waals surface area contributed by atoms with E-state index in [0.29, 0.717) is 6.54 Å². The van der Waals surface area contributed by atoms with Gasteiger partial charge in [0.2, 0.25) is 5.91 Å². The molecule has 2 N–H and O–H groups in total. The largest absolute Gasteiger partial charge is 0.469 e. The molecule has 0 bridgehead atoms. The standard InChI is InChI=1S/C20H32N2O3/c1-15(13-16-9-7-6-8-10-16)22-19(24)17(14-18(23)25-5)21-12-11-20(2,3)4/h6-10,15,17,21H,11-14H2,1-5H3,(H,22,24)/t15?,17-/m0/s1. The predicted molar refractivity (Wildman–Crippen MR) is 100 cm³/mol. The Morgan fingerprint density at radius 3 is 2.36 bits per heavy atom. The molecule has 0 aliphatic heterocycles. The fourth-order valence-electron chi connectivity index (χ4n) is 2.49. The Labute approximate surface area is 151 Å². The van der Waals surface area contributed by atoms with Crippen LogP contribution in [0.3, 0.4) is 0 Å². The Balaban J connectivity index is 2.59. The number of carbonyl (C=O) groups is 2. The van der Waals surface area contributed by atoms with Crippen LogP contribution in [0.4, 0.5) is 0 Å². The second-order valence-corrected chi connectivity index (χ2v) is 7.70. The minimum atomic E-state index is -0.576. The van der Waals surface area contributed by atoms with E-state index in [1.807, 2.05) is 37.3 Å². The van der Waals surface area contributed by atoms with Gasteiger partial charge in [-0.2, -0.15) is 0 Å². The van der Waals surface area contributed by atoms with E-state index < -0.39 is 6.04 Å². The van der Waals surface area contributed by atoms with E-state index in [1.54, 1.807) is 0 Å². The van der Waals surface area contributed by atoms with Crippen LogP contribution in [0.25, 0.3) is 0 Å². The summed E-state index contributed by atoms with van der Waals surface area (Å²) in [5.41, 5.74) is 1.33. The van der Waals surface area contributed by atoms with Crippen LogP contribution < -0.4 is 10.6 Å². The van der Waals surface area contributed by atoms with E-state index in [4.69, 9.17) is 4.74 Å². The van der Waals surface area contributed by atoms with Crippen molar-refractivity contribution in [2.45, 2.75) is 59.0 Å². The predicted octanol–water partition coefficient (Wildman–Crippen LogP) is 2.69. The summed E-state index contributed by atoms with van der Waals surface area (Å²) >= 11 is 0. The maximum absolute atomic E-state index is 12.6. The molecule has 0 spiro atoms. The van der Waals surface area contributed by atoms with Crippen LogP contribution >= 0.6 is 0 Å². The molecule has 0 aliphatic rings. The molecule has 0 radical (unpaired) electrons. The van der Waals surface area contributed by atoms with Crippen molar-refractivity contribution in [1.29, 1.82) is 0 Å². The van der Waals surface area contributed by atoms with Crippen molar-refractivity contribution in [3.63, 3.8) is 0 Å². The highest BCUT2D eigenvalue weighted by atomic mass is 16.5. The zero-order chi connectivity index (χ0) is 18.9. The van der Waals surface area contributed by atoms with Gasteiger partial charge in [0.25, 0.3) is 0 Å². The van der Waals surface area contributed by atoms with E-state index in [2.05, 4.69) is 31.4 Å². The average Bonchev–Trinajstić information content (AvgIpc) is 2.53. The zero-order valence-corrected chi connectivity index (χ0v) is 16.1. The van der Waals surface area contributed by atoms with Crippen LogP contribution in [-0.4, -0.2) is 37.6 Å². The maximum Gasteiger partial charge on any atom is 0.307 e. The minimum Gasteiger partial charge on any atom is -0.469 e. The SMILES string of the molecule is COC(=O)C[C@H](NCCC(C)(C)C)C(=O)NC(C)Cc1ccccc1. The molecule has 0 aromatic heterocycles. The number of nitrogens with one attached hydrogen (secondary N) is 2. The number of amides is 1. The van der Waals surface area contributed by atoms with Crippen molar-refractivity contribution in [2.24, 2.45) is 5.41 Å². The molecule has 1 aromatic rings. The third-order valence-electron chi connectivity index (χ3n) is 3.95. The van der Waals surface area contributed by atoms with Gasteiger partial charge in [0.05, 0.1) is 19.6 Å². The highest BCUT2D eigenvalue weighted by Gasteiger charge is 2.23. The number of rotatable bonds is 9. The van der Waals surface area contributed by atoms with Gasteiger partial charge >= 0.3 is 5.97 Å². The van der Waals surface area contributed by atoms with Crippen molar-refractivity contribution < 1.29 is 14.3 Å². The summed E-state index contributed by atoms with van der Waals surface area (Å²) in [7, 11) is 1.34. The van der Waals surface area contributed by atoms with Crippen molar-refractivity contribution in [2.75, 3.05) is 13.7 Å². The Kier molecular flexibility index (Phi) is 8.62. The van der Waals surface area contributed by atoms with E-state index in [-0.39, 0.29) is 29.8 Å². The van der Waals surface area contributed by atoms with Gasteiger partial charge in [-0.15, -0.1) is 0 Å². The number of hydrogen-bond donors (Lipinski definition) is 2. The van der Waals surface area contributed by atoms with Crippen molar-refractivity contribution >= 4 is 11.9 Å². The fraction of sp³-hybridized carbons (Fsp3) is 0.600. The van der Waals surface area contributed by atoms with Crippen LogP contribution in [-0.2, 0) is 20.7 Å². The average molecular weight is 348 g/mol. The molecule has 1 rings (SSSR count). The topological polar surface area (TPSA) is 67.4 Å². The third-order valence-corrected chi connectivity index (χ3v) is 3.95. The normalized spacial score (nSPS) is 13.8. The van der Waals surface area contributed by atoms with Gasteiger partial charge in [-0.05, 0) is 37.3 Å². The third kappa shape index (κ3) is 9.25. The van der Waals surface area contributed by atoms with Gasteiger partial charge in [-0.1, -0.05) is 51.1 Å².